The summed E-state index contributed by atoms with van der Waals surface area (Å²) >= 11 is 6.00. The number of carbonyl (C=O) groups excluding carboxylic acids is 2. The molecule has 2 radical (unpaired) electrons. The average molecular weight is 504 g/mol. The molecule has 2 rings (SSSR count). The van der Waals surface area contributed by atoms with E-state index in [0.717, 1.165) is 31.5 Å². The predicted molar refractivity (Wildman–Crippen MR) is 116 cm³/mol. The Balaban J connectivity index is 2.07. The first-order chi connectivity index (χ1) is 13.4. The average Bonchev–Trinajstić information content (AvgIpc) is 2.65. The Hall–Kier alpha value is -1.84. The van der Waals surface area contributed by atoms with Gasteiger partial charge in [0, 0.05) is 0 Å². The van der Waals surface area contributed by atoms with Crippen molar-refractivity contribution in [3.05, 3.63) is 70.8 Å². The van der Waals surface area contributed by atoms with E-state index in [0.29, 0.717) is 25.9 Å². The molecule has 0 aromatic heterocycles. The van der Waals surface area contributed by atoms with E-state index in [9.17, 15) is 9.59 Å². The Morgan fingerprint density at radius 1 is 0.714 bits per heavy atom. The van der Waals surface area contributed by atoms with Crippen molar-refractivity contribution in [2.45, 2.75) is 26.7 Å². The monoisotopic (exact) mass is 506 g/mol. The third-order valence-corrected chi connectivity index (χ3v) is 5.45. The number of Topliss-reactive ketones (excluding diaryl/α,β-unsaturated/α-hetero) is 2. The van der Waals surface area contributed by atoms with Crippen molar-refractivity contribution < 1.29 is 9.59 Å². The second kappa shape index (κ2) is 11.2. The molecule has 2 aromatic carbocycles. The summed E-state index contributed by atoms with van der Waals surface area (Å²) in [6.07, 6.45) is 0.798. The zero-order valence-corrected chi connectivity index (χ0v) is 19.4. The van der Waals surface area contributed by atoms with Gasteiger partial charge in [-0.15, -0.1) is 0 Å². The van der Waals surface area contributed by atoms with Crippen LogP contribution in [-0.4, -0.2) is 65.9 Å². The van der Waals surface area contributed by atoms with E-state index in [1.807, 2.05) is 48.5 Å². The van der Waals surface area contributed by atoms with Gasteiger partial charge in [0.05, 0.1) is 0 Å². The van der Waals surface area contributed by atoms with Crippen molar-refractivity contribution in [2.24, 2.45) is 9.98 Å². The van der Waals surface area contributed by atoms with Gasteiger partial charge < -0.3 is 0 Å². The zero-order chi connectivity index (χ0) is 20.5. The Bertz CT molecular complexity index is 845. The summed E-state index contributed by atoms with van der Waals surface area (Å²) in [5.74, 6) is 0.250. The molecule has 0 spiro atoms. The molecule has 0 saturated heterocycles. The van der Waals surface area contributed by atoms with Crippen LogP contribution in [0, 0.1) is 0 Å². The maximum atomic E-state index is 11.5. The molecule has 0 fully saturated rings. The molecule has 0 amide bonds. The summed E-state index contributed by atoms with van der Waals surface area (Å²) in [7, 11) is 0. The van der Waals surface area contributed by atoms with Crippen LogP contribution in [0.3, 0.4) is 0 Å². The van der Waals surface area contributed by atoms with Crippen molar-refractivity contribution in [3.63, 3.8) is 0 Å². The van der Waals surface area contributed by atoms with E-state index >= 15 is 0 Å². The van der Waals surface area contributed by atoms with E-state index in [4.69, 9.17) is 0 Å². The first kappa shape index (κ1) is 22.4. The number of ketones is 2. The van der Waals surface area contributed by atoms with E-state index in [1.165, 1.54) is 0 Å². The maximum absolute atomic E-state index is 11.5. The molecule has 0 saturated carbocycles. The van der Waals surface area contributed by atoms with Crippen LogP contribution in [0.2, 0.25) is 0 Å². The van der Waals surface area contributed by atoms with Crippen LogP contribution in [0.15, 0.2) is 58.5 Å². The van der Waals surface area contributed by atoms with Gasteiger partial charge in [0.1, 0.15) is 0 Å². The number of hydrogen-bond donors (Lipinski definition) is 0. The van der Waals surface area contributed by atoms with Gasteiger partial charge in [-0.25, -0.2) is 0 Å². The van der Waals surface area contributed by atoms with Gasteiger partial charge in [-0.1, -0.05) is 0 Å². The molecular weight excluding hydrogens is 482 g/mol. The molecule has 0 bridgehead atoms. The molecule has 0 unspecified atom stereocenters. The minimum absolute atomic E-state index is 0.125. The van der Waals surface area contributed by atoms with Gasteiger partial charge in [-0.05, 0) is 0 Å². The molecular formula is C22H22N2O2Se2. The number of hydrogen-bond acceptors (Lipinski definition) is 4. The van der Waals surface area contributed by atoms with Gasteiger partial charge >= 0.3 is 183 Å². The van der Waals surface area contributed by atoms with E-state index < -0.39 is 0 Å². The van der Waals surface area contributed by atoms with Crippen molar-refractivity contribution in [2.75, 3.05) is 13.1 Å². The summed E-state index contributed by atoms with van der Waals surface area (Å²) in [6.45, 7) is 4.23. The fraction of sp³-hybridized carbons (Fsp3) is 0.273. The van der Waals surface area contributed by atoms with Gasteiger partial charge in [0.2, 0.25) is 0 Å². The topological polar surface area (TPSA) is 58.9 Å². The van der Waals surface area contributed by atoms with Crippen molar-refractivity contribution in [1.82, 2.24) is 0 Å². The van der Waals surface area contributed by atoms with Gasteiger partial charge in [0.15, 0.2) is 0 Å². The number of nitrogens with zero attached hydrogens (tertiary/aromatic N) is 2. The number of aliphatic imine (C=N–C) groups is 2. The Labute approximate surface area is 182 Å². The SMILES string of the molecule is CC(=O)Cc1ccccc1C([Se])=NCCN=C([Se])c1ccccc1CC(C)=O. The van der Waals surface area contributed by atoms with Crippen molar-refractivity contribution in [3.8, 4) is 0 Å². The first-order valence-electron chi connectivity index (χ1n) is 8.97. The summed E-state index contributed by atoms with van der Waals surface area (Å²) < 4.78 is 1.57. The third-order valence-electron chi connectivity index (χ3n) is 3.99. The molecule has 0 atom stereocenters. The van der Waals surface area contributed by atoms with E-state index in [-0.39, 0.29) is 11.6 Å². The van der Waals surface area contributed by atoms with Crippen LogP contribution in [0.5, 0.6) is 0 Å². The van der Waals surface area contributed by atoms with Crippen LogP contribution in [-0.2, 0) is 22.4 Å². The third kappa shape index (κ3) is 6.96. The number of benzene rings is 2. The summed E-state index contributed by atoms with van der Waals surface area (Å²) in [5.41, 5.74) is 3.85. The normalized spacial score (nSPS) is 12.1. The molecule has 0 N–H and O–H groups in total. The summed E-state index contributed by atoms with van der Waals surface area (Å²) in [5, 5.41) is 0. The van der Waals surface area contributed by atoms with E-state index in [2.05, 4.69) is 42.0 Å². The van der Waals surface area contributed by atoms with Crippen molar-refractivity contribution >= 4 is 52.8 Å². The fourth-order valence-corrected chi connectivity index (χ4v) is 3.99. The quantitative estimate of drug-likeness (QED) is 0.300. The molecule has 144 valence electrons. The standard InChI is InChI=1S/C22H22N2O2Se2/c1-15(25)13-17-7-3-5-9-19(17)21(27)23-11-12-24-22(28)20-10-6-4-8-18(20)14-16(2)26/h3-10H,11-14H2,1-2H3. The van der Waals surface area contributed by atoms with Crippen LogP contribution in [0.25, 0.3) is 0 Å². The molecule has 28 heavy (non-hydrogen) atoms. The minimum atomic E-state index is 0.125. The van der Waals surface area contributed by atoms with Gasteiger partial charge in [-0.3, -0.25) is 0 Å². The Morgan fingerprint density at radius 2 is 1.07 bits per heavy atom. The van der Waals surface area contributed by atoms with Crippen LogP contribution < -0.4 is 0 Å². The van der Waals surface area contributed by atoms with Gasteiger partial charge in [0.25, 0.3) is 0 Å². The predicted octanol–water partition coefficient (Wildman–Crippen LogP) is 2.48. The molecule has 4 nitrogen and oxygen atoms in total. The molecule has 0 aliphatic heterocycles. The second-order valence-corrected chi connectivity index (χ2v) is 8.07. The Morgan fingerprint density at radius 3 is 1.43 bits per heavy atom. The molecule has 2 aromatic rings. The number of carbonyl (C=O) groups is 2. The summed E-state index contributed by atoms with van der Waals surface area (Å²) in [4.78, 5) is 32.1. The Kier molecular flexibility index (Phi) is 9.00. The van der Waals surface area contributed by atoms with Crippen LogP contribution in [0.1, 0.15) is 36.1 Å². The van der Waals surface area contributed by atoms with E-state index in [1.54, 1.807) is 13.8 Å². The molecule has 0 aliphatic rings. The first-order valence-corrected chi connectivity index (χ1v) is 10.7. The molecule has 6 heteroatoms. The zero-order valence-electron chi connectivity index (χ0n) is 16.0. The van der Waals surface area contributed by atoms with Crippen LogP contribution in [0.4, 0.5) is 0 Å². The molecule has 0 heterocycles. The van der Waals surface area contributed by atoms with Gasteiger partial charge in [-0.2, -0.15) is 0 Å². The van der Waals surface area contributed by atoms with Crippen LogP contribution >= 0.6 is 0 Å². The second-order valence-electron chi connectivity index (χ2n) is 6.45. The summed E-state index contributed by atoms with van der Waals surface area (Å²) in [6, 6.07) is 15.6. The fourth-order valence-electron chi connectivity index (χ4n) is 2.78. The molecule has 0 aliphatic carbocycles. The number of rotatable bonds is 9. The van der Waals surface area contributed by atoms with Crippen molar-refractivity contribution in [1.29, 1.82) is 0 Å².